The van der Waals surface area contributed by atoms with Gasteiger partial charge < -0.3 is 9.88 Å². The molecule has 118 valence electrons. The lowest BCUT2D eigenvalue weighted by Gasteiger charge is -2.12. The zero-order valence-corrected chi connectivity index (χ0v) is 14.4. The molecule has 1 saturated carbocycles. The molecular weight excluding hydrogens is 318 g/mol. The van der Waals surface area contributed by atoms with Gasteiger partial charge in [0.05, 0.1) is 16.3 Å². The van der Waals surface area contributed by atoms with E-state index in [2.05, 4.69) is 21.8 Å². The number of benzene rings is 1. The lowest BCUT2D eigenvalue weighted by Crippen LogP contribution is -2.32. The molecular formula is C16H20ClN3OS. The minimum atomic E-state index is -0.150. The van der Waals surface area contributed by atoms with Gasteiger partial charge in [0.2, 0.25) is 5.91 Å². The summed E-state index contributed by atoms with van der Waals surface area (Å²) < 4.78 is 2.18. The Morgan fingerprint density at radius 3 is 3.00 bits per heavy atom. The molecule has 1 atom stereocenters. The zero-order valence-electron chi connectivity index (χ0n) is 12.8. The number of carbonyl (C=O) groups excluding carboxylic acids is 1. The molecule has 1 fully saturated rings. The zero-order chi connectivity index (χ0) is 15.7. The number of nitrogens with one attached hydrogen (secondary N) is 1. The number of hydrogen-bond donors (Lipinski definition) is 1. The maximum absolute atomic E-state index is 12.1. The summed E-state index contributed by atoms with van der Waals surface area (Å²) in [6.07, 6.45) is 3.23. The molecule has 0 radical (unpaired) electrons. The van der Waals surface area contributed by atoms with Crippen molar-refractivity contribution in [2.75, 3.05) is 0 Å². The second kappa shape index (κ2) is 6.50. The molecule has 0 saturated heterocycles. The van der Waals surface area contributed by atoms with Gasteiger partial charge in [-0.25, -0.2) is 4.98 Å². The van der Waals surface area contributed by atoms with Crippen LogP contribution < -0.4 is 5.32 Å². The van der Waals surface area contributed by atoms with Crippen LogP contribution >= 0.6 is 23.4 Å². The molecule has 1 aromatic carbocycles. The van der Waals surface area contributed by atoms with Crippen molar-refractivity contribution in [1.82, 2.24) is 14.9 Å². The third-order valence-corrected chi connectivity index (χ3v) is 5.02. The van der Waals surface area contributed by atoms with Gasteiger partial charge in [-0.05, 0) is 44.4 Å². The van der Waals surface area contributed by atoms with Gasteiger partial charge in [-0.15, -0.1) is 0 Å². The third kappa shape index (κ3) is 3.41. The molecule has 1 aliphatic carbocycles. The third-order valence-electron chi connectivity index (χ3n) is 3.70. The Morgan fingerprint density at radius 1 is 1.55 bits per heavy atom. The average Bonchev–Trinajstić information content (AvgIpc) is 3.23. The largest absolute Gasteiger partial charge is 0.352 e. The van der Waals surface area contributed by atoms with Crippen molar-refractivity contribution in [3.63, 3.8) is 0 Å². The van der Waals surface area contributed by atoms with Crippen molar-refractivity contribution in [1.29, 1.82) is 0 Å². The second-order valence-electron chi connectivity index (χ2n) is 5.72. The summed E-state index contributed by atoms with van der Waals surface area (Å²) in [6.45, 7) is 4.96. The number of aryl methyl sites for hydroxylation is 1. The van der Waals surface area contributed by atoms with Crippen LogP contribution in [0.1, 0.15) is 33.1 Å². The Balaban J connectivity index is 1.84. The van der Waals surface area contributed by atoms with E-state index in [0.29, 0.717) is 11.1 Å². The van der Waals surface area contributed by atoms with Crippen LogP contribution in [0.3, 0.4) is 0 Å². The minimum Gasteiger partial charge on any atom is -0.352 e. The summed E-state index contributed by atoms with van der Waals surface area (Å²) in [4.78, 5) is 16.8. The molecule has 0 unspecified atom stereocenters. The second-order valence-corrected chi connectivity index (χ2v) is 7.47. The van der Waals surface area contributed by atoms with E-state index in [1.165, 1.54) is 11.8 Å². The van der Waals surface area contributed by atoms with Gasteiger partial charge in [-0.3, -0.25) is 4.79 Å². The SMILES string of the molecule is CCCn1c(S[C@H](C)C(=O)NC2CC2)nc2cc(Cl)ccc21. The number of hydrogen-bond acceptors (Lipinski definition) is 3. The number of halogens is 1. The van der Waals surface area contributed by atoms with Crippen LogP contribution in [0.4, 0.5) is 0 Å². The van der Waals surface area contributed by atoms with E-state index < -0.39 is 0 Å². The lowest BCUT2D eigenvalue weighted by atomic mass is 10.3. The Bertz CT molecular complexity index is 696. The monoisotopic (exact) mass is 337 g/mol. The Hall–Kier alpha value is -1.20. The van der Waals surface area contributed by atoms with E-state index in [-0.39, 0.29) is 11.2 Å². The predicted octanol–water partition coefficient (Wildman–Crippen LogP) is 3.86. The highest BCUT2D eigenvalue weighted by Gasteiger charge is 2.27. The molecule has 1 heterocycles. The van der Waals surface area contributed by atoms with Crippen molar-refractivity contribution < 1.29 is 4.79 Å². The van der Waals surface area contributed by atoms with E-state index >= 15 is 0 Å². The number of thioether (sulfide) groups is 1. The molecule has 6 heteroatoms. The van der Waals surface area contributed by atoms with Crippen molar-refractivity contribution in [2.45, 2.75) is 56.1 Å². The lowest BCUT2D eigenvalue weighted by molar-refractivity contribution is -0.120. The first-order valence-electron chi connectivity index (χ1n) is 7.71. The van der Waals surface area contributed by atoms with Gasteiger partial charge in [0.1, 0.15) is 0 Å². The minimum absolute atomic E-state index is 0.0978. The molecule has 1 amide bonds. The summed E-state index contributed by atoms with van der Waals surface area (Å²) in [5.41, 5.74) is 1.96. The molecule has 0 aliphatic heterocycles. The van der Waals surface area contributed by atoms with E-state index in [9.17, 15) is 4.79 Å². The maximum Gasteiger partial charge on any atom is 0.233 e. The number of aromatic nitrogens is 2. The first-order valence-corrected chi connectivity index (χ1v) is 8.97. The molecule has 0 spiro atoms. The standard InChI is InChI=1S/C16H20ClN3OS/c1-3-8-20-14-7-4-11(17)9-13(14)19-16(20)22-10(2)15(21)18-12-5-6-12/h4,7,9-10,12H,3,5-6,8H2,1-2H3,(H,18,21)/t10-/m1/s1. The van der Waals surface area contributed by atoms with Crippen molar-refractivity contribution in [3.8, 4) is 0 Å². The maximum atomic E-state index is 12.1. The molecule has 1 aromatic heterocycles. The number of rotatable bonds is 6. The van der Waals surface area contributed by atoms with Gasteiger partial charge in [0.15, 0.2) is 5.16 Å². The molecule has 22 heavy (non-hydrogen) atoms. The van der Waals surface area contributed by atoms with E-state index in [1.54, 1.807) is 0 Å². The fraction of sp³-hybridized carbons (Fsp3) is 0.500. The molecule has 0 bridgehead atoms. The quantitative estimate of drug-likeness (QED) is 0.814. The number of fused-ring (bicyclic) bond motifs is 1. The van der Waals surface area contributed by atoms with Crippen LogP contribution in [0.5, 0.6) is 0 Å². The van der Waals surface area contributed by atoms with Gasteiger partial charge in [-0.2, -0.15) is 0 Å². The van der Waals surface area contributed by atoms with Crippen LogP contribution in [0, 0.1) is 0 Å². The first kappa shape index (κ1) is 15.7. The number of carbonyl (C=O) groups is 1. The summed E-state index contributed by atoms with van der Waals surface area (Å²) in [6, 6.07) is 6.15. The fourth-order valence-corrected chi connectivity index (χ4v) is 3.49. The van der Waals surface area contributed by atoms with Gasteiger partial charge in [0.25, 0.3) is 0 Å². The average molecular weight is 338 g/mol. The highest BCUT2D eigenvalue weighted by Crippen LogP contribution is 2.29. The van der Waals surface area contributed by atoms with Crippen LogP contribution in [0.15, 0.2) is 23.4 Å². The smallest absolute Gasteiger partial charge is 0.233 e. The Labute approximate surface area is 139 Å². The van der Waals surface area contributed by atoms with E-state index in [1.807, 2.05) is 25.1 Å². The number of nitrogens with zero attached hydrogens (tertiary/aromatic N) is 2. The summed E-state index contributed by atoms with van der Waals surface area (Å²) in [5, 5.41) is 4.47. The number of imidazole rings is 1. The highest BCUT2D eigenvalue weighted by atomic mass is 35.5. The highest BCUT2D eigenvalue weighted by molar-refractivity contribution is 8.00. The molecule has 1 aliphatic rings. The van der Waals surface area contributed by atoms with Gasteiger partial charge in [0, 0.05) is 17.6 Å². The van der Waals surface area contributed by atoms with Crippen molar-refractivity contribution in [3.05, 3.63) is 23.2 Å². The van der Waals surface area contributed by atoms with Crippen LogP contribution in [0.25, 0.3) is 11.0 Å². The number of amides is 1. The Kier molecular flexibility index (Phi) is 4.64. The predicted molar refractivity (Wildman–Crippen MR) is 91.5 cm³/mol. The topological polar surface area (TPSA) is 46.9 Å². The normalized spacial score (nSPS) is 16.0. The van der Waals surface area contributed by atoms with Crippen LogP contribution in [-0.4, -0.2) is 26.8 Å². The molecule has 1 N–H and O–H groups in total. The van der Waals surface area contributed by atoms with Gasteiger partial charge >= 0.3 is 0 Å². The Morgan fingerprint density at radius 2 is 2.32 bits per heavy atom. The first-order chi connectivity index (χ1) is 10.6. The molecule has 4 nitrogen and oxygen atoms in total. The van der Waals surface area contributed by atoms with E-state index in [0.717, 1.165) is 42.0 Å². The summed E-state index contributed by atoms with van der Waals surface area (Å²) in [7, 11) is 0. The molecule has 3 rings (SSSR count). The van der Waals surface area contributed by atoms with Crippen LogP contribution in [-0.2, 0) is 11.3 Å². The fourth-order valence-electron chi connectivity index (χ4n) is 2.37. The molecule has 2 aromatic rings. The summed E-state index contributed by atoms with van der Waals surface area (Å²) >= 11 is 7.57. The van der Waals surface area contributed by atoms with Gasteiger partial charge in [-0.1, -0.05) is 30.3 Å². The van der Waals surface area contributed by atoms with Crippen LogP contribution in [0.2, 0.25) is 5.02 Å². The van der Waals surface area contributed by atoms with Crippen molar-refractivity contribution in [2.24, 2.45) is 0 Å². The van der Waals surface area contributed by atoms with E-state index in [4.69, 9.17) is 11.6 Å². The van der Waals surface area contributed by atoms with Crippen molar-refractivity contribution >= 4 is 40.3 Å². The summed E-state index contributed by atoms with van der Waals surface area (Å²) in [5.74, 6) is 0.0978.